The van der Waals surface area contributed by atoms with Gasteiger partial charge >= 0.3 is 0 Å². The van der Waals surface area contributed by atoms with Gasteiger partial charge < -0.3 is 10.6 Å². The lowest BCUT2D eigenvalue weighted by molar-refractivity contribution is -0.129. The quantitative estimate of drug-likeness (QED) is 0.142. The SMILES string of the molecule is CC(C)(C)C(=O)NC(Sc1nccc(SC(NC(=O)C(C)(C)C)C(Cl)(Cl)Cl)n1)C(Cl)Cl. The van der Waals surface area contributed by atoms with E-state index in [9.17, 15) is 9.59 Å². The van der Waals surface area contributed by atoms with E-state index in [1.165, 1.54) is 6.20 Å². The first-order valence-corrected chi connectivity index (χ1v) is 12.8. The van der Waals surface area contributed by atoms with E-state index in [0.717, 1.165) is 23.5 Å². The molecule has 0 spiro atoms. The van der Waals surface area contributed by atoms with Crippen LogP contribution in [0.1, 0.15) is 41.5 Å². The van der Waals surface area contributed by atoms with Crippen molar-refractivity contribution >= 4 is 93.3 Å². The second-order valence-electron chi connectivity index (χ2n) is 8.54. The van der Waals surface area contributed by atoms with Crippen LogP contribution in [0.4, 0.5) is 0 Å². The summed E-state index contributed by atoms with van der Waals surface area (Å²) in [6, 6.07) is 1.61. The number of thioether (sulfide) groups is 2. The minimum Gasteiger partial charge on any atom is -0.341 e. The molecule has 2 N–H and O–H groups in total. The fourth-order valence-corrected chi connectivity index (χ4v) is 4.33. The highest BCUT2D eigenvalue weighted by Crippen LogP contribution is 2.39. The van der Waals surface area contributed by atoms with E-state index in [4.69, 9.17) is 58.0 Å². The number of nitrogens with one attached hydrogen (secondary N) is 2. The molecule has 176 valence electrons. The van der Waals surface area contributed by atoms with Crippen molar-refractivity contribution in [1.29, 1.82) is 0 Å². The van der Waals surface area contributed by atoms with Crippen LogP contribution in [0, 0.1) is 10.8 Å². The van der Waals surface area contributed by atoms with Crippen molar-refractivity contribution < 1.29 is 9.59 Å². The van der Waals surface area contributed by atoms with Gasteiger partial charge in [-0.15, -0.1) is 23.2 Å². The lowest BCUT2D eigenvalue weighted by Gasteiger charge is -2.28. The molecule has 1 heterocycles. The predicted octanol–water partition coefficient (Wildman–Crippen LogP) is 5.81. The van der Waals surface area contributed by atoms with Crippen LogP contribution >= 0.6 is 81.5 Å². The molecule has 2 unspecified atom stereocenters. The lowest BCUT2D eigenvalue weighted by atomic mass is 9.96. The summed E-state index contributed by atoms with van der Waals surface area (Å²) in [5, 5.41) is 4.69. The number of amides is 2. The van der Waals surface area contributed by atoms with Gasteiger partial charge in [-0.3, -0.25) is 9.59 Å². The topological polar surface area (TPSA) is 84.0 Å². The van der Waals surface area contributed by atoms with Crippen molar-refractivity contribution in [3.63, 3.8) is 0 Å². The predicted molar refractivity (Wildman–Crippen MR) is 132 cm³/mol. The van der Waals surface area contributed by atoms with Gasteiger partial charge in [0.1, 0.15) is 20.6 Å². The summed E-state index contributed by atoms with van der Waals surface area (Å²) in [6.07, 6.45) is 1.51. The monoisotopic (exact) mass is 568 g/mol. The molecule has 2 atom stereocenters. The smallest absolute Gasteiger partial charge is 0.226 e. The molecule has 0 aliphatic heterocycles. The molecule has 1 aromatic heterocycles. The van der Waals surface area contributed by atoms with Crippen LogP contribution in [0.3, 0.4) is 0 Å². The van der Waals surface area contributed by atoms with E-state index in [1.807, 2.05) is 0 Å². The number of rotatable bonds is 7. The third kappa shape index (κ3) is 10.3. The van der Waals surface area contributed by atoms with Crippen molar-refractivity contribution in [3.8, 4) is 0 Å². The summed E-state index contributed by atoms with van der Waals surface area (Å²) >= 11 is 32.5. The van der Waals surface area contributed by atoms with E-state index >= 15 is 0 Å². The van der Waals surface area contributed by atoms with Gasteiger partial charge in [0.15, 0.2) is 5.16 Å². The number of aromatic nitrogens is 2. The number of hydrogen-bond acceptors (Lipinski definition) is 6. The van der Waals surface area contributed by atoms with Crippen molar-refractivity contribution in [3.05, 3.63) is 12.3 Å². The summed E-state index contributed by atoms with van der Waals surface area (Å²) in [5.41, 5.74) is -1.29. The molecule has 1 rings (SSSR count). The molecule has 0 saturated heterocycles. The molecule has 2 amide bonds. The fourth-order valence-electron chi connectivity index (χ4n) is 1.69. The first-order chi connectivity index (χ1) is 13.9. The zero-order chi connectivity index (χ0) is 24.2. The summed E-state index contributed by atoms with van der Waals surface area (Å²) in [7, 11) is 0. The van der Waals surface area contributed by atoms with Crippen LogP contribution in [0.2, 0.25) is 0 Å². The van der Waals surface area contributed by atoms with Crippen LogP contribution < -0.4 is 10.6 Å². The molecule has 0 aliphatic carbocycles. The maximum absolute atomic E-state index is 12.4. The highest BCUT2D eigenvalue weighted by atomic mass is 35.6. The number of halogens is 5. The normalized spacial score (nSPS) is 14.8. The first kappa shape index (κ1) is 29.2. The van der Waals surface area contributed by atoms with Gasteiger partial charge in [0.2, 0.25) is 15.6 Å². The summed E-state index contributed by atoms with van der Waals surface area (Å²) in [4.78, 5) is 32.4. The van der Waals surface area contributed by atoms with E-state index in [1.54, 1.807) is 47.6 Å². The van der Waals surface area contributed by atoms with Crippen molar-refractivity contribution in [2.45, 2.75) is 71.1 Å². The van der Waals surface area contributed by atoms with Gasteiger partial charge in [-0.2, -0.15) is 0 Å². The molecule has 6 nitrogen and oxygen atoms in total. The summed E-state index contributed by atoms with van der Waals surface area (Å²) in [5.74, 6) is -0.500. The molecule has 0 saturated carbocycles. The third-order valence-electron chi connectivity index (χ3n) is 3.50. The maximum Gasteiger partial charge on any atom is 0.226 e. The second-order valence-corrected chi connectivity index (χ2v) is 14.3. The maximum atomic E-state index is 12.4. The molecule has 0 aromatic carbocycles. The van der Waals surface area contributed by atoms with Crippen molar-refractivity contribution in [1.82, 2.24) is 20.6 Å². The Morgan fingerprint density at radius 2 is 1.45 bits per heavy atom. The fraction of sp³-hybridized carbons (Fsp3) is 0.667. The Balaban J connectivity index is 3.02. The molecule has 1 aromatic rings. The number of hydrogen-bond donors (Lipinski definition) is 2. The average Bonchev–Trinajstić information content (AvgIpc) is 2.58. The Bertz CT molecular complexity index is 779. The Morgan fingerprint density at radius 1 is 0.935 bits per heavy atom. The van der Waals surface area contributed by atoms with E-state index in [2.05, 4.69) is 20.6 Å². The van der Waals surface area contributed by atoms with E-state index in [-0.39, 0.29) is 11.8 Å². The molecule has 0 bridgehead atoms. The number of carbonyl (C=O) groups excluding carboxylic acids is 2. The van der Waals surface area contributed by atoms with Gasteiger partial charge in [-0.25, -0.2) is 9.97 Å². The van der Waals surface area contributed by atoms with Gasteiger partial charge in [0.25, 0.3) is 0 Å². The Morgan fingerprint density at radius 3 is 1.90 bits per heavy atom. The minimum absolute atomic E-state index is 0.219. The third-order valence-corrected chi connectivity index (χ3v) is 7.58. The van der Waals surface area contributed by atoms with Gasteiger partial charge in [-0.05, 0) is 6.07 Å². The molecule has 13 heteroatoms. The standard InChI is InChI=1S/C18H25Cl5N4O2S2/c1-16(2,3)12(28)26-11(10(19)20)31-15-24-8-7-9(25-15)30-14(18(21,22)23)27-13(29)17(4,5)6/h7-8,10-11,14H,1-6H3,(H,26,28)(H,27,29). The van der Waals surface area contributed by atoms with Crippen LogP contribution in [0.15, 0.2) is 22.4 Å². The van der Waals surface area contributed by atoms with Crippen molar-refractivity contribution in [2.75, 3.05) is 0 Å². The molecule has 0 radical (unpaired) electrons. The minimum atomic E-state index is -1.79. The Hall–Kier alpha value is 0.170. The number of alkyl halides is 5. The van der Waals surface area contributed by atoms with Crippen LogP contribution in [-0.2, 0) is 9.59 Å². The van der Waals surface area contributed by atoms with Crippen LogP contribution in [-0.4, -0.2) is 41.2 Å². The zero-order valence-corrected chi connectivity index (χ0v) is 23.2. The lowest BCUT2D eigenvalue weighted by Crippen LogP contribution is -2.46. The average molecular weight is 571 g/mol. The van der Waals surface area contributed by atoms with E-state index < -0.39 is 30.2 Å². The van der Waals surface area contributed by atoms with Gasteiger partial charge in [-0.1, -0.05) is 99.9 Å². The van der Waals surface area contributed by atoms with Gasteiger partial charge in [0.05, 0.1) is 0 Å². The van der Waals surface area contributed by atoms with Crippen LogP contribution in [0.25, 0.3) is 0 Å². The Kier molecular flexibility index (Phi) is 10.9. The highest BCUT2D eigenvalue weighted by molar-refractivity contribution is 8.00. The molecule has 31 heavy (non-hydrogen) atoms. The Labute approximate surface area is 216 Å². The molecular weight excluding hydrogens is 546 g/mol. The summed E-state index contributed by atoms with van der Waals surface area (Å²) < 4.78 is -1.79. The molecule has 0 aliphatic rings. The number of carbonyl (C=O) groups is 2. The zero-order valence-electron chi connectivity index (χ0n) is 17.8. The number of nitrogens with zero attached hydrogens (tertiary/aromatic N) is 2. The first-order valence-electron chi connectivity index (χ1n) is 9.04. The largest absolute Gasteiger partial charge is 0.341 e. The highest BCUT2D eigenvalue weighted by Gasteiger charge is 2.37. The summed E-state index contributed by atoms with van der Waals surface area (Å²) in [6.45, 7) is 10.6. The second kappa shape index (κ2) is 11.5. The van der Waals surface area contributed by atoms with Crippen LogP contribution in [0.5, 0.6) is 0 Å². The van der Waals surface area contributed by atoms with E-state index in [0.29, 0.717) is 10.2 Å². The van der Waals surface area contributed by atoms with Gasteiger partial charge in [0, 0.05) is 17.0 Å². The van der Waals surface area contributed by atoms with Crippen molar-refractivity contribution in [2.24, 2.45) is 10.8 Å². The molecule has 0 fully saturated rings. The molecular formula is C18H25Cl5N4O2S2.